The molecule has 1 saturated heterocycles. The minimum atomic E-state index is -0.992. The van der Waals surface area contributed by atoms with Crippen LogP contribution in [-0.2, 0) is 23.2 Å². The highest BCUT2D eigenvalue weighted by molar-refractivity contribution is 7.80. The molecule has 44 heavy (non-hydrogen) atoms. The second-order valence-corrected chi connectivity index (χ2v) is 13.0. The number of ether oxygens (including phenoxy) is 2. The van der Waals surface area contributed by atoms with Crippen molar-refractivity contribution in [2.75, 3.05) is 33.3 Å². The number of hydrogen-bond donors (Lipinski definition) is 2. The Labute approximate surface area is 273 Å². The molecule has 0 spiro atoms. The van der Waals surface area contributed by atoms with Gasteiger partial charge in [0, 0.05) is 39.1 Å². The summed E-state index contributed by atoms with van der Waals surface area (Å²) in [5, 5.41) is 13.7. The molecule has 1 heterocycles. The largest absolute Gasteiger partial charge is 0.492 e. The van der Waals surface area contributed by atoms with E-state index >= 15 is 0 Å². The highest BCUT2D eigenvalue weighted by atomic mass is 35.5. The summed E-state index contributed by atoms with van der Waals surface area (Å²) in [6, 6.07) is 26.3. The van der Waals surface area contributed by atoms with Gasteiger partial charge in [-0.05, 0) is 70.4 Å². The van der Waals surface area contributed by atoms with Gasteiger partial charge in [-0.25, -0.2) is 4.79 Å². The van der Waals surface area contributed by atoms with Crippen LogP contribution in [0.2, 0.25) is 0 Å². The fraction of sp³-hybridized carbons (Fsp3) is 0.429. The summed E-state index contributed by atoms with van der Waals surface area (Å²) in [5.41, 5.74) is 3.42. The molecule has 7 nitrogen and oxygen atoms in total. The molecule has 5 rings (SSSR count). The molecular weight excluding hydrogens is 594 g/mol. The van der Waals surface area contributed by atoms with Crippen LogP contribution in [0.4, 0.5) is 0 Å². The lowest BCUT2D eigenvalue weighted by molar-refractivity contribution is -0.145. The van der Waals surface area contributed by atoms with Crippen LogP contribution < -0.4 is 14.8 Å². The zero-order chi connectivity index (χ0) is 30.6. The van der Waals surface area contributed by atoms with Crippen LogP contribution in [0.3, 0.4) is 0 Å². The molecule has 3 aromatic rings. The van der Waals surface area contributed by atoms with Crippen molar-refractivity contribution in [1.82, 2.24) is 15.1 Å². The van der Waals surface area contributed by atoms with Crippen molar-refractivity contribution in [3.05, 3.63) is 95.6 Å². The van der Waals surface area contributed by atoms with Gasteiger partial charge in [0.1, 0.15) is 18.1 Å². The van der Waals surface area contributed by atoms with Crippen LogP contribution in [0.25, 0.3) is 0 Å². The number of rotatable bonds is 12. The number of piperidine rings is 1. The lowest BCUT2D eigenvalue weighted by atomic mass is 9.87. The number of benzene rings is 3. The Morgan fingerprint density at radius 1 is 0.977 bits per heavy atom. The lowest BCUT2D eigenvalue weighted by Gasteiger charge is -2.29. The van der Waals surface area contributed by atoms with Gasteiger partial charge in [0.15, 0.2) is 11.2 Å². The normalized spacial score (nSPS) is 19.7. The highest BCUT2D eigenvalue weighted by Crippen LogP contribution is 2.49. The standard InChI is InChI=1S/C35H43N3O4S.ClH/c1-35(2,3)26-12-16-28(17-13-26)42-31(33(39)40)20-24-10-14-27(15-11-24)41-19-18-38(34(43)36-4)32-29-22-37(23-30(29)32)21-25-8-6-5-7-9-25;/h5-17,29-32H,18-23H2,1-4H3,(H,36,43)(H,39,40);1H/t29-,30?,31+,32+;/m1./s1. The van der Waals surface area contributed by atoms with Crippen molar-refractivity contribution in [1.29, 1.82) is 0 Å². The van der Waals surface area contributed by atoms with E-state index in [0.717, 1.165) is 36.1 Å². The number of carbonyl (C=O) groups is 1. The van der Waals surface area contributed by atoms with Crippen molar-refractivity contribution >= 4 is 35.7 Å². The Kier molecular flexibility index (Phi) is 11.2. The van der Waals surface area contributed by atoms with Crippen LogP contribution in [0.1, 0.15) is 37.5 Å². The molecule has 2 aliphatic rings. The first-order valence-electron chi connectivity index (χ1n) is 15.1. The number of hydrogen-bond acceptors (Lipinski definition) is 5. The smallest absolute Gasteiger partial charge is 0.345 e. The predicted octanol–water partition coefficient (Wildman–Crippen LogP) is 5.80. The molecule has 0 radical (unpaired) electrons. The minimum Gasteiger partial charge on any atom is -0.492 e. The molecule has 4 atom stereocenters. The Hall–Kier alpha value is -3.33. The first-order chi connectivity index (χ1) is 20.6. The maximum atomic E-state index is 11.9. The maximum Gasteiger partial charge on any atom is 0.345 e. The molecule has 236 valence electrons. The summed E-state index contributed by atoms with van der Waals surface area (Å²) in [4.78, 5) is 16.8. The van der Waals surface area contributed by atoms with E-state index in [4.69, 9.17) is 21.7 Å². The van der Waals surface area contributed by atoms with Crippen LogP contribution in [-0.4, -0.2) is 71.4 Å². The molecule has 2 N–H and O–H groups in total. The number of thiocarbonyl (C=S) groups is 1. The summed E-state index contributed by atoms with van der Waals surface area (Å²) in [7, 11) is 1.88. The zero-order valence-corrected chi connectivity index (χ0v) is 27.6. The van der Waals surface area contributed by atoms with E-state index in [1.165, 1.54) is 11.1 Å². The van der Waals surface area contributed by atoms with E-state index in [1.54, 1.807) is 0 Å². The summed E-state index contributed by atoms with van der Waals surface area (Å²) in [5.74, 6) is 1.57. The predicted molar refractivity (Wildman–Crippen MR) is 181 cm³/mol. The van der Waals surface area contributed by atoms with Gasteiger partial charge >= 0.3 is 5.97 Å². The van der Waals surface area contributed by atoms with Gasteiger partial charge in [0.2, 0.25) is 0 Å². The van der Waals surface area contributed by atoms with Crippen molar-refractivity contribution in [3.8, 4) is 11.5 Å². The molecule has 1 aliphatic heterocycles. The maximum absolute atomic E-state index is 11.9. The molecule has 0 bridgehead atoms. The number of nitrogens with one attached hydrogen (secondary N) is 1. The van der Waals surface area contributed by atoms with Crippen molar-refractivity contribution in [2.24, 2.45) is 11.8 Å². The quantitative estimate of drug-likeness (QED) is 0.242. The first-order valence-corrected chi connectivity index (χ1v) is 15.5. The second-order valence-electron chi connectivity index (χ2n) is 12.7. The first kappa shape index (κ1) is 33.6. The molecule has 1 aliphatic carbocycles. The Balaban J connectivity index is 0.00000442. The van der Waals surface area contributed by atoms with Crippen molar-refractivity contribution in [3.63, 3.8) is 0 Å². The minimum absolute atomic E-state index is 0. The van der Waals surface area contributed by atoms with E-state index in [9.17, 15) is 9.90 Å². The molecule has 3 aromatic carbocycles. The van der Waals surface area contributed by atoms with E-state index in [0.29, 0.717) is 36.8 Å². The van der Waals surface area contributed by atoms with Gasteiger partial charge < -0.3 is 24.8 Å². The topological polar surface area (TPSA) is 74.3 Å². The van der Waals surface area contributed by atoms with Crippen LogP contribution in [0.15, 0.2) is 78.9 Å². The average Bonchev–Trinajstić information content (AvgIpc) is 3.47. The number of carboxylic acid groups (broad SMARTS) is 1. The van der Waals surface area contributed by atoms with Gasteiger partial charge in [0.05, 0.1) is 6.54 Å². The molecule has 1 unspecified atom stereocenters. The molecule has 2 fully saturated rings. The molecular formula is C35H44ClN3O4S. The Morgan fingerprint density at radius 2 is 1.59 bits per heavy atom. The Bertz CT molecular complexity index is 1370. The number of nitrogens with zero attached hydrogens (tertiary/aromatic N) is 2. The van der Waals surface area contributed by atoms with Crippen LogP contribution >= 0.6 is 24.6 Å². The number of carboxylic acids is 1. The number of halogens is 1. The summed E-state index contributed by atoms with van der Waals surface area (Å²) in [6.45, 7) is 10.8. The molecule has 9 heteroatoms. The summed E-state index contributed by atoms with van der Waals surface area (Å²) in [6.07, 6.45) is -0.725. The summed E-state index contributed by atoms with van der Waals surface area (Å²) >= 11 is 5.67. The molecule has 0 amide bonds. The fourth-order valence-corrected chi connectivity index (χ4v) is 6.33. The Morgan fingerprint density at radius 3 is 2.16 bits per heavy atom. The van der Waals surface area contributed by atoms with E-state index < -0.39 is 12.1 Å². The molecule has 0 aromatic heterocycles. The fourth-order valence-electron chi connectivity index (χ4n) is 6.12. The van der Waals surface area contributed by atoms with E-state index in [2.05, 4.69) is 66.2 Å². The third-order valence-electron chi connectivity index (χ3n) is 8.53. The number of fused-ring (bicyclic) bond motifs is 1. The van der Waals surface area contributed by atoms with Gasteiger partial charge in [-0.3, -0.25) is 4.90 Å². The third kappa shape index (κ3) is 8.43. The monoisotopic (exact) mass is 637 g/mol. The third-order valence-corrected chi connectivity index (χ3v) is 8.97. The van der Waals surface area contributed by atoms with E-state index in [1.807, 2.05) is 55.6 Å². The van der Waals surface area contributed by atoms with Gasteiger partial charge in [-0.2, -0.15) is 0 Å². The van der Waals surface area contributed by atoms with Crippen LogP contribution in [0.5, 0.6) is 11.5 Å². The van der Waals surface area contributed by atoms with Crippen molar-refractivity contribution in [2.45, 2.75) is 51.3 Å². The molecule has 1 saturated carbocycles. The van der Waals surface area contributed by atoms with Gasteiger partial charge in [-0.1, -0.05) is 75.4 Å². The number of aliphatic carboxylic acids is 1. The average molecular weight is 638 g/mol. The second kappa shape index (κ2) is 14.6. The van der Waals surface area contributed by atoms with Crippen molar-refractivity contribution < 1.29 is 19.4 Å². The lowest BCUT2D eigenvalue weighted by Crippen LogP contribution is -2.45. The van der Waals surface area contributed by atoms with Crippen LogP contribution in [0, 0.1) is 11.8 Å². The van der Waals surface area contributed by atoms with E-state index in [-0.39, 0.29) is 24.2 Å². The van der Waals surface area contributed by atoms with Gasteiger partial charge in [0.25, 0.3) is 0 Å². The van der Waals surface area contributed by atoms with Gasteiger partial charge in [-0.15, -0.1) is 12.4 Å². The zero-order valence-electron chi connectivity index (χ0n) is 25.9. The highest BCUT2D eigenvalue weighted by Gasteiger charge is 2.58. The SMILES string of the molecule is CNC(=S)N(CCOc1ccc(C[C@H](Oc2ccc(C(C)(C)C)cc2)C(=O)O)cc1)[C@@H]1C2CN(Cc3ccccc3)C[C@H]21.Cl. The number of likely N-dealkylation sites (tertiary alicyclic amines) is 1. The summed E-state index contributed by atoms with van der Waals surface area (Å²) < 4.78 is 11.9.